The first-order valence-electron chi connectivity index (χ1n) is 5.92. The van der Waals surface area contributed by atoms with Crippen LogP contribution in [-0.4, -0.2) is 23.9 Å². The molecule has 1 aliphatic rings. The molecule has 0 saturated carbocycles. The normalized spacial score (nSPS) is 14.9. The van der Waals surface area contributed by atoms with E-state index in [-0.39, 0.29) is 5.91 Å². The number of hydrogen-bond acceptors (Lipinski definition) is 2. The summed E-state index contributed by atoms with van der Waals surface area (Å²) in [4.78, 5) is 13.6. The number of fused-ring (bicyclic) bond motifs is 1. The molecule has 0 fully saturated rings. The van der Waals surface area contributed by atoms with Gasteiger partial charge in [0.25, 0.3) is 5.91 Å². The van der Waals surface area contributed by atoms with E-state index in [1.165, 1.54) is 22.4 Å². The molecule has 17 heavy (non-hydrogen) atoms. The van der Waals surface area contributed by atoms with E-state index in [2.05, 4.69) is 6.07 Å². The minimum atomic E-state index is -0.393. The van der Waals surface area contributed by atoms with Crippen LogP contribution in [0.2, 0.25) is 0 Å². The SMILES string of the molecule is CC(C#N)N(C)C(=O)c1ccc2c(c1)CCC2. The number of nitriles is 1. The van der Waals surface area contributed by atoms with Crippen molar-refractivity contribution < 1.29 is 4.79 Å². The van der Waals surface area contributed by atoms with E-state index in [1.807, 2.05) is 18.2 Å². The zero-order valence-electron chi connectivity index (χ0n) is 10.2. The fraction of sp³-hybridized carbons (Fsp3) is 0.429. The van der Waals surface area contributed by atoms with Crippen LogP contribution in [0.3, 0.4) is 0 Å². The Labute approximate surface area is 102 Å². The van der Waals surface area contributed by atoms with Gasteiger partial charge in [0.15, 0.2) is 0 Å². The molecule has 1 amide bonds. The molecule has 1 atom stereocenters. The second-order valence-corrected chi connectivity index (χ2v) is 4.56. The Morgan fingerprint density at radius 2 is 2.12 bits per heavy atom. The Morgan fingerprint density at radius 3 is 2.82 bits per heavy atom. The lowest BCUT2D eigenvalue weighted by atomic mass is 10.1. The quantitative estimate of drug-likeness (QED) is 0.778. The highest BCUT2D eigenvalue weighted by molar-refractivity contribution is 5.94. The van der Waals surface area contributed by atoms with Crippen LogP contribution in [0.25, 0.3) is 0 Å². The molecule has 0 radical (unpaired) electrons. The van der Waals surface area contributed by atoms with Gasteiger partial charge in [-0.05, 0) is 49.4 Å². The number of rotatable bonds is 2. The Hall–Kier alpha value is -1.82. The molecule has 0 spiro atoms. The lowest BCUT2D eigenvalue weighted by Crippen LogP contribution is -2.34. The highest BCUT2D eigenvalue weighted by Crippen LogP contribution is 2.23. The standard InChI is InChI=1S/C14H16N2O/c1-10(9-15)16(2)14(17)13-7-6-11-4-3-5-12(11)8-13/h6-8,10H,3-5H2,1-2H3. The molecule has 2 rings (SSSR count). The van der Waals surface area contributed by atoms with E-state index in [1.54, 1.807) is 14.0 Å². The summed E-state index contributed by atoms with van der Waals surface area (Å²) in [6, 6.07) is 7.57. The second kappa shape index (κ2) is 4.58. The lowest BCUT2D eigenvalue weighted by molar-refractivity contribution is 0.0773. The summed E-state index contributed by atoms with van der Waals surface area (Å²) in [5, 5.41) is 8.81. The molecular formula is C14H16N2O. The first kappa shape index (κ1) is 11.7. The second-order valence-electron chi connectivity index (χ2n) is 4.56. The number of benzene rings is 1. The Balaban J connectivity index is 2.23. The molecule has 0 heterocycles. The average molecular weight is 228 g/mol. The van der Waals surface area contributed by atoms with Crippen LogP contribution < -0.4 is 0 Å². The summed E-state index contributed by atoms with van der Waals surface area (Å²) in [5.74, 6) is -0.0752. The van der Waals surface area contributed by atoms with E-state index >= 15 is 0 Å². The summed E-state index contributed by atoms with van der Waals surface area (Å²) in [7, 11) is 1.67. The lowest BCUT2D eigenvalue weighted by Gasteiger charge is -2.19. The Morgan fingerprint density at radius 1 is 1.41 bits per heavy atom. The number of carbonyl (C=O) groups excluding carboxylic acids is 1. The van der Waals surface area contributed by atoms with Crippen LogP contribution in [0.15, 0.2) is 18.2 Å². The van der Waals surface area contributed by atoms with Crippen molar-refractivity contribution in [2.45, 2.75) is 32.2 Å². The number of amides is 1. The van der Waals surface area contributed by atoms with Crippen molar-refractivity contribution in [1.82, 2.24) is 4.90 Å². The van der Waals surface area contributed by atoms with Gasteiger partial charge in [0, 0.05) is 12.6 Å². The third kappa shape index (κ3) is 2.16. The summed E-state index contributed by atoms with van der Waals surface area (Å²) >= 11 is 0. The van der Waals surface area contributed by atoms with Crippen molar-refractivity contribution >= 4 is 5.91 Å². The zero-order chi connectivity index (χ0) is 12.4. The van der Waals surface area contributed by atoms with Gasteiger partial charge in [-0.2, -0.15) is 5.26 Å². The van der Waals surface area contributed by atoms with Gasteiger partial charge < -0.3 is 4.90 Å². The third-order valence-corrected chi connectivity index (χ3v) is 3.43. The third-order valence-electron chi connectivity index (χ3n) is 3.43. The molecule has 1 aliphatic carbocycles. The highest BCUT2D eigenvalue weighted by Gasteiger charge is 2.19. The van der Waals surface area contributed by atoms with Gasteiger partial charge in [0.1, 0.15) is 6.04 Å². The van der Waals surface area contributed by atoms with Gasteiger partial charge in [-0.3, -0.25) is 4.79 Å². The molecule has 0 N–H and O–H groups in total. The molecule has 0 saturated heterocycles. The van der Waals surface area contributed by atoms with Crippen LogP contribution in [0.5, 0.6) is 0 Å². The first-order chi connectivity index (χ1) is 8.13. The maximum atomic E-state index is 12.1. The van der Waals surface area contributed by atoms with Crippen LogP contribution in [0, 0.1) is 11.3 Å². The number of aryl methyl sites for hydroxylation is 2. The van der Waals surface area contributed by atoms with Gasteiger partial charge in [-0.1, -0.05) is 6.07 Å². The van der Waals surface area contributed by atoms with Gasteiger partial charge in [-0.25, -0.2) is 0 Å². The van der Waals surface area contributed by atoms with Crippen LogP contribution in [-0.2, 0) is 12.8 Å². The first-order valence-corrected chi connectivity index (χ1v) is 5.92. The van der Waals surface area contributed by atoms with E-state index in [9.17, 15) is 4.79 Å². The number of hydrogen-bond donors (Lipinski definition) is 0. The summed E-state index contributed by atoms with van der Waals surface area (Å²) < 4.78 is 0. The summed E-state index contributed by atoms with van der Waals surface area (Å²) in [5.41, 5.74) is 3.33. The fourth-order valence-electron chi connectivity index (χ4n) is 2.17. The van der Waals surface area contributed by atoms with E-state index in [0.29, 0.717) is 5.56 Å². The predicted octanol–water partition coefficient (Wildman–Crippen LogP) is 2.16. The van der Waals surface area contributed by atoms with Crippen molar-refractivity contribution in [2.24, 2.45) is 0 Å². The Kier molecular flexibility index (Phi) is 3.14. The van der Waals surface area contributed by atoms with Crippen molar-refractivity contribution in [3.05, 3.63) is 34.9 Å². The molecule has 3 nitrogen and oxygen atoms in total. The van der Waals surface area contributed by atoms with Crippen molar-refractivity contribution in [1.29, 1.82) is 5.26 Å². The van der Waals surface area contributed by atoms with Crippen molar-refractivity contribution in [2.75, 3.05) is 7.05 Å². The van der Waals surface area contributed by atoms with Gasteiger partial charge in [0.05, 0.1) is 6.07 Å². The minimum Gasteiger partial charge on any atom is -0.326 e. The van der Waals surface area contributed by atoms with Crippen LogP contribution in [0.1, 0.15) is 34.8 Å². The van der Waals surface area contributed by atoms with E-state index in [0.717, 1.165) is 12.8 Å². The predicted molar refractivity (Wildman–Crippen MR) is 65.6 cm³/mol. The monoisotopic (exact) mass is 228 g/mol. The Bertz CT molecular complexity index is 487. The average Bonchev–Trinajstić information content (AvgIpc) is 2.83. The zero-order valence-corrected chi connectivity index (χ0v) is 10.2. The molecule has 3 heteroatoms. The maximum absolute atomic E-state index is 12.1. The van der Waals surface area contributed by atoms with Crippen molar-refractivity contribution in [3.8, 4) is 6.07 Å². The smallest absolute Gasteiger partial charge is 0.254 e. The number of nitrogens with zero attached hydrogens (tertiary/aromatic N) is 2. The van der Waals surface area contributed by atoms with Crippen LogP contribution in [0.4, 0.5) is 0 Å². The topological polar surface area (TPSA) is 44.1 Å². The van der Waals surface area contributed by atoms with Crippen LogP contribution >= 0.6 is 0 Å². The molecule has 0 bridgehead atoms. The molecule has 1 aromatic carbocycles. The highest BCUT2D eigenvalue weighted by atomic mass is 16.2. The largest absolute Gasteiger partial charge is 0.326 e. The van der Waals surface area contributed by atoms with Gasteiger partial charge >= 0.3 is 0 Å². The minimum absolute atomic E-state index is 0.0752. The van der Waals surface area contributed by atoms with E-state index in [4.69, 9.17) is 5.26 Å². The molecule has 88 valence electrons. The van der Waals surface area contributed by atoms with Gasteiger partial charge in [0.2, 0.25) is 0 Å². The van der Waals surface area contributed by atoms with E-state index < -0.39 is 6.04 Å². The number of carbonyl (C=O) groups is 1. The maximum Gasteiger partial charge on any atom is 0.254 e. The summed E-state index contributed by atoms with van der Waals surface area (Å²) in [6.07, 6.45) is 3.36. The summed E-state index contributed by atoms with van der Waals surface area (Å²) in [6.45, 7) is 1.73. The molecule has 1 unspecified atom stereocenters. The molecule has 0 aliphatic heterocycles. The molecule has 0 aromatic heterocycles. The van der Waals surface area contributed by atoms with Crippen molar-refractivity contribution in [3.63, 3.8) is 0 Å². The molecule has 1 aromatic rings. The molecular weight excluding hydrogens is 212 g/mol. The van der Waals surface area contributed by atoms with Gasteiger partial charge in [-0.15, -0.1) is 0 Å². The fourth-order valence-corrected chi connectivity index (χ4v) is 2.17.